The highest BCUT2D eigenvalue weighted by atomic mass is 16.3. The molecule has 0 atom stereocenters. The number of hydrogen-bond acceptors (Lipinski definition) is 6. The van der Waals surface area contributed by atoms with Gasteiger partial charge in [0.05, 0.1) is 16.9 Å². The van der Waals surface area contributed by atoms with E-state index in [0.29, 0.717) is 16.9 Å². The van der Waals surface area contributed by atoms with Crippen molar-refractivity contribution in [3.63, 3.8) is 0 Å². The number of nitrogens with zero attached hydrogens (tertiary/aromatic N) is 2. The van der Waals surface area contributed by atoms with Crippen molar-refractivity contribution >= 4 is 12.2 Å². The Balaban J connectivity index is 1.74. The van der Waals surface area contributed by atoms with E-state index in [0.717, 1.165) is 15.2 Å². The van der Waals surface area contributed by atoms with Gasteiger partial charge in [-0.05, 0) is 48.9 Å². The molecule has 4 aromatic rings. The first-order chi connectivity index (χ1) is 17.3. The van der Waals surface area contributed by atoms with Gasteiger partial charge in [0.2, 0.25) is 11.8 Å². The van der Waals surface area contributed by atoms with Gasteiger partial charge in [0.15, 0.2) is 0 Å². The van der Waals surface area contributed by atoms with E-state index in [1.165, 1.54) is 18.2 Å². The normalized spacial score (nSPS) is 10.8. The van der Waals surface area contributed by atoms with E-state index in [9.17, 15) is 29.7 Å². The molecule has 0 fully saturated rings. The van der Waals surface area contributed by atoms with Gasteiger partial charge in [-0.15, -0.1) is 5.73 Å². The van der Waals surface area contributed by atoms with Crippen molar-refractivity contribution in [2.24, 2.45) is 0 Å². The van der Waals surface area contributed by atoms with Crippen LogP contribution in [0.3, 0.4) is 0 Å². The molecule has 0 radical (unpaired) electrons. The molecule has 9 nitrogen and oxygen atoms in total. The minimum atomic E-state index is -0.792. The van der Waals surface area contributed by atoms with Crippen LogP contribution in [0.2, 0.25) is 0 Å². The predicted octanol–water partition coefficient (Wildman–Crippen LogP) is 3.07. The summed E-state index contributed by atoms with van der Waals surface area (Å²) in [6, 6.07) is 17.8. The quantitative estimate of drug-likeness (QED) is 0.254. The van der Waals surface area contributed by atoms with Gasteiger partial charge in [-0.2, -0.15) is 0 Å². The fourth-order valence-electron chi connectivity index (χ4n) is 3.51. The van der Waals surface area contributed by atoms with Gasteiger partial charge in [0.25, 0.3) is 11.1 Å². The lowest BCUT2D eigenvalue weighted by molar-refractivity contribution is 0.417. The smallest absolute Gasteiger partial charge is 0.335 e. The second-order valence-electron chi connectivity index (χ2n) is 7.75. The molecule has 2 aromatic heterocycles. The van der Waals surface area contributed by atoms with Gasteiger partial charge < -0.3 is 15.3 Å². The zero-order chi connectivity index (χ0) is 25.8. The number of aromatic nitrogens is 3. The lowest BCUT2D eigenvalue weighted by Crippen LogP contribution is -2.30. The van der Waals surface area contributed by atoms with Crippen molar-refractivity contribution in [2.45, 2.75) is 6.92 Å². The molecule has 4 N–H and O–H groups in total. The molecule has 180 valence electrons. The molecule has 9 heteroatoms. The third-order valence-electron chi connectivity index (χ3n) is 5.30. The summed E-state index contributed by atoms with van der Waals surface area (Å²) in [6.07, 6.45) is 4.09. The van der Waals surface area contributed by atoms with Crippen LogP contribution < -0.4 is 16.8 Å². The topological polar surface area (TPSA) is 138 Å². The van der Waals surface area contributed by atoms with Gasteiger partial charge in [-0.25, -0.2) is 13.9 Å². The van der Waals surface area contributed by atoms with Crippen molar-refractivity contribution < 1.29 is 15.3 Å². The van der Waals surface area contributed by atoms with E-state index in [-0.39, 0.29) is 11.1 Å². The van der Waals surface area contributed by atoms with Crippen molar-refractivity contribution in [1.82, 2.24) is 14.1 Å². The summed E-state index contributed by atoms with van der Waals surface area (Å²) in [4.78, 5) is 39.1. The summed E-state index contributed by atoms with van der Waals surface area (Å²) in [5.41, 5.74) is 1.68. The maximum Gasteiger partial charge on any atom is 0.335 e. The molecular weight excluding hydrogens is 462 g/mol. The molecule has 0 unspecified atom stereocenters. The summed E-state index contributed by atoms with van der Waals surface area (Å²) in [5, 5.41) is 31.5. The molecule has 2 heterocycles. The van der Waals surface area contributed by atoms with Crippen LogP contribution in [0.4, 0.5) is 0 Å². The number of pyridine rings is 1. The summed E-state index contributed by atoms with van der Waals surface area (Å²) < 4.78 is 2.02. The number of hydrogen-bond donors (Lipinski definition) is 4. The van der Waals surface area contributed by atoms with Crippen LogP contribution in [0, 0.1) is 0 Å². The third-order valence-corrected chi connectivity index (χ3v) is 5.30. The van der Waals surface area contributed by atoms with Crippen LogP contribution in [0.15, 0.2) is 98.5 Å². The maximum atomic E-state index is 12.3. The lowest BCUT2D eigenvalue weighted by Gasteiger charge is -2.11. The Morgan fingerprint density at radius 2 is 1.39 bits per heavy atom. The second kappa shape index (κ2) is 9.92. The van der Waals surface area contributed by atoms with Crippen molar-refractivity contribution in [3.8, 4) is 28.9 Å². The van der Waals surface area contributed by atoms with E-state index >= 15 is 0 Å². The zero-order valence-electron chi connectivity index (χ0n) is 19.0. The van der Waals surface area contributed by atoms with E-state index in [4.69, 9.17) is 0 Å². The SMILES string of the molecule is CC(=C=Cc1c(O)n(-c2ccccc2)c(=O)[nH]c1=O)C=Cc1c(O)cc(=O)n(-c2ccccc2)c1O. The number of para-hydroxylation sites is 2. The molecule has 0 spiro atoms. The predicted molar refractivity (Wildman–Crippen MR) is 136 cm³/mol. The van der Waals surface area contributed by atoms with Gasteiger partial charge in [0.1, 0.15) is 11.3 Å². The Bertz CT molecular complexity index is 1710. The number of benzene rings is 2. The van der Waals surface area contributed by atoms with Gasteiger partial charge in [-0.3, -0.25) is 14.6 Å². The molecule has 0 aliphatic carbocycles. The average molecular weight is 483 g/mol. The van der Waals surface area contributed by atoms with E-state index < -0.39 is 34.3 Å². The van der Waals surface area contributed by atoms with Crippen LogP contribution >= 0.6 is 0 Å². The molecule has 36 heavy (non-hydrogen) atoms. The molecule has 0 saturated heterocycles. The number of aromatic amines is 1. The Morgan fingerprint density at radius 1 is 0.833 bits per heavy atom. The molecule has 0 aliphatic rings. The number of aromatic hydroxyl groups is 3. The largest absolute Gasteiger partial charge is 0.507 e. The number of allylic oxidation sites excluding steroid dienone is 2. The molecular formula is C27H21N3O6. The average Bonchev–Trinajstić information content (AvgIpc) is 2.84. The number of H-pyrrole nitrogens is 1. The highest BCUT2D eigenvalue weighted by molar-refractivity contribution is 5.65. The third kappa shape index (κ3) is 4.68. The summed E-state index contributed by atoms with van der Waals surface area (Å²) in [6.45, 7) is 1.63. The van der Waals surface area contributed by atoms with E-state index in [2.05, 4.69) is 10.7 Å². The number of rotatable bonds is 5. The zero-order valence-corrected chi connectivity index (χ0v) is 19.0. The molecule has 0 bridgehead atoms. The van der Waals surface area contributed by atoms with Crippen molar-refractivity contribution in [2.75, 3.05) is 0 Å². The van der Waals surface area contributed by atoms with Crippen LogP contribution in [-0.4, -0.2) is 29.4 Å². The van der Waals surface area contributed by atoms with Crippen molar-refractivity contribution in [1.29, 1.82) is 0 Å². The van der Waals surface area contributed by atoms with Crippen LogP contribution in [0.25, 0.3) is 23.5 Å². The molecule has 4 rings (SSSR count). The Labute approximate surface area is 204 Å². The summed E-state index contributed by atoms with van der Waals surface area (Å²) in [7, 11) is 0. The van der Waals surface area contributed by atoms with E-state index in [1.54, 1.807) is 67.6 Å². The maximum absolute atomic E-state index is 12.3. The van der Waals surface area contributed by atoms with Crippen LogP contribution in [-0.2, 0) is 0 Å². The molecule has 0 saturated carbocycles. The van der Waals surface area contributed by atoms with Gasteiger partial charge in [-0.1, -0.05) is 42.5 Å². The molecule has 0 amide bonds. The number of nitrogens with one attached hydrogen (secondary N) is 1. The molecule has 2 aromatic carbocycles. The Kier molecular flexibility index (Phi) is 6.58. The van der Waals surface area contributed by atoms with Gasteiger partial charge >= 0.3 is 5.69 Å². The minimum Gasteiger partial charge on any atom is -0.507 e. The lowest BCUT2D eigenvalue weighted by atomic mass is 10.1. The fourth-order valence-corrected chi connectivity index (χ4v) is 3.51. The summed E-state index contributed by atoms with van der Waals surface area (Å²) in [5.74, 6) is -1.42. The van der Waals surface area contributed by atoms with Crippen LogP contribution in [0.1, 0.15) is 18.1 Å². The summed E-state index contributed by atoms with van der Waals surface area (Å²) >= 11 is 0. The Morgan fingerprint density at radius 3 is 2.00 bits per heavy atom. The van der Waals surface area contributed by atoms with Crippen LogP contribution in [0.5, 0.6) is 17.5 Å². The monoisotopic (exact) mass is 483 g/mol. The minimum absolute atomic E-state index is 0.00192. The fraction of sp³-hybridized carbons (Fsp3) is 0.0370. The highest BCUT2D eigenvalue weighted by Crippen LogP contribution is 2.28. The van der Waals surface area contributed by atoms with E-state index in [1.807, 2.05) is 0 Å². The van der Waals surface area contributed by atoms with Gasteiger partial charge in [0, 0.05) is 6.07 Å². The highest BCUT2D eigenvalue weighted by Gasteiger charge is 2.15. The van der Waals surface area contributed by atoms with Crippen molar-refractivity contribution in [3.05, 3.63) is 126 Å². The Hall–Kier alpha value is -5.27. The second-order valence-corrected chi connectivity index (χ2v) is 7.75. The standard InChI is InChI=1S/C27H21N3O6/c1-17(12-14-20-22(31)16-23(32)29(25(20)34)18-8-4-2-5-9-18)13-15-21-24(33)28-27(36)30(26(21)35)19-10-6-3-7-11-19/h2-12,14-16,31,34-35H,1H3,(H,28,33,36). The first-order valence-corrected chi connectivity index (χ1v) is 10.8. The molecule has 0 aliphatic heterocycles. The first-order valence-electron chi connectivity index (χ1n) is 10.8. The first kappa shape index (κ1) is 23.9.